The molecule has 0 saturated carbocycles. The Bertz CT molecular complexity index is 872. The van der Waals surface area contributed by atoms with E-state index < -0.39 is 5.25 Å². The van der Waals surface area contributed by atoms with E-state index in [1.807, 2.05) is 31.2 Å². The van der Waals surface area contributed by atoms with E-state index in [-0.39, 0.29) is 24.1 Å². The highest BCUT2D eigenvalue weighted by Gasteiger charge is 2.35. The maximum atomic E-state index is 13.1. The smallest absolute Gasteiger partial charge is 0.238 e. The van der Waals surface area contributed by atoms with Gasteiger partial charge in [0, 0.05) is 22.2 Å². The van der Waals surface area contributed by atoms with Crippen molar-refractivity contribution in [1.29, 1.82) is 0 Å². The number of carbonyl (C=O) groups is 2. The molecule has 1 aliphatic heterocycles. The standard InChI is InChI=1S/C19H17FIN3O2S/c1-2-24-17(25)11-16(18(26)22-14-9-5-13(21)6-10-14)27-19(24)23-15-7-3-12(20)4-8-15/h3-10,16H,2,11H2,1H3,(H,22,26). The van der Waals surface area contributed by atoms with Crippen LogP contribution >= 0.6 is 34.4 Å². The van der Waals surface area contributed by atoms with Crippen molar-refractivity contribution in [2.75, 3.05) is 11.9 Å². The van der Waals surface area contributed by atoms with Crippen LogP contribution in [0, 0.1) is 9.39 Å². The maximum absolute atomic E-state index is 13.1. The number of anilines is 1. The van der Waals surface area contributed by atoms with E-state index in [1.165, 1.54) is 36.0 Å². The summed E-state index contributed by atoms with van der Waals surface area (Å²) in [7, 11) is 0. The van der Waals surface area contributed by atoms with Gasteiger partial charge in [0.05, 0.1) is 5.69 Å². The van der Waals surface area contributed by atoms with Gasteiger partial charge in [-0.15, -0.1) is 0 Å². The van der Waals surface area contributed by atoms with Crippen LogP contribution < -0.4 is 5.32 Å². The van der Waals surface area contributed by atoms with E-state index in [0.717, 1.165) is 3.57 Å². The van der Waals surface area contributed by atoms with Crippen molar-refractivity contribution in [3.05, 3.63) is 57.9 Å². The molecule has 1 atom stereocenters. The SMILES string of the molecule is CCN1C(=O)CC(C(=O)Nc2ccc(I)cc2)SC1=Nc1ccc(F)cc1. The van der Waals surface area contributed by atoms with Crippen LogP contribution in [-0.4, -0.2) is 33.7 Å². The number of nitrogens with one attached hydrogen (secondary N) is 1. The molecule has 1 saturated heterocycles. The van der Waals surface area contributed by atoms with Gasteiger partial charge in [-0.3, -0.25) is 14.5 Å². The molecule has 0 aromatic heterocycles. The average Bonchev–Trinajstić information content (AvgIpc) is 2.65. The first-order valence-corrected chi connectivity index (χ1v) is 10.3. The lowest BCUT2D eigenvalue weighted by molar-refractivity contribution is -0.129. The molecule has 0 spiro atoms. The van der Waals surface area contributed by atoms with Gasteiger partial charge in [0.2, 0.25) is 11.8 Å². The molecule has 0 bridgehead atoms. The first kappa shape index (κ1) is 19.8. The zero-order valence-corrected chi connectivity index (χ0v) is 17.5. The second kappa shape index (κ2) is 8.83. The second-order valence-corrected chi connectivity index (χ2v) is 8.23. The van der Waals surface area contributed by atoms with E-state index in [9.17, 15) is 14.0 Å². The molecule has 1 unspecified atom stereocenters. The molecule has 2 amide bonds. The highest BCUT2D eigenvalue weighted by molar-refractivity contribution is 14.1. The Kier molecular flexibility index (Phi) is 6.48. The molecular formula is C19H17FIN3O2S. The van der Waals surface area contributed by atoms with Gasteiger partial charge in [0.1, 0.15) is 11.1 Å². The maximum Gasteiger partial charge on any atom is 0.238 e. The number of hydrogen-bond acceptors (Lipinski definition) is 4. The first-order chi connectivity index (χ1) is 13.0. The number of carbonyl (C=O) groups excluding carboxylic acids is 2. The van der Waals surface area contributed by atoms with E-state index in [0.29, 0.717) is 23.1 Å². The summed E-state index contributed by atoms with van der Waals surface area (Å²) < 4.78 is 14.2. The van der Waals surface area contributed by atoms with Crippen molar-refractivity contribution in [2.24, 2.45) is 4.99 Å². The largest absolute Gasteiger partial charge is 0.325 e. The Morgan fingerprint density at radius 2 is 1.93 bits per heavy atom. The molecular weight excluding hydrogens is 480 g/mol. The zero-order valence-electron chi connectivity index (χ0n) is 14.5. The quantitative estimate of drug-likeness (QED) is 0.637. The van der Waals surface area contributed by atoms with Gasteiger partial charge in [-0.25, -0.2) is 9.38 Å². The van der Waals surface area contributed by atoms with Gasteiger partial charge >= 0.3 is 0 Å². The van der Waals surface area contributed by atoms with Crippen LogP contribution in [-0.2, 0) is 9.59 Å². The molecule has 2 aromatic rings. The Morgan fingerprint density at radius 3 is 2.56 bits per heavy atom. The second-order valence-electron chi connectivity index (χ2n) is 5.82. The van der Waals surface area contributed by atoms with Gasteiger partial charge in [-0.1, -0.05) is 11.8 Å². The summed E-state index contributed by atoms with van der Waals surface area (Å²) >= 11 is 3.44. The van der Waals surface area contributed by atoms with Crippen LogP contribution in [0.3, 0.4) is 0 Å². The van der Waals surface area contributed by atoms with Crippen molar-refractivity contribution in [1.82, 2.24) is 4.90 Å². The van der Waals surface area contributed by atoms with Crippen LogP contribution in [0.5, 0.6) is 0 Å². The summed E-state index contributed by atoms with van der Waals surface area (Å²) in [4.78, 5) is 31.1. The highest BCUT2D eigenvalue weighted by Crippen LogP contribution is 2.29. The molecule has 1 N–H and O–H groups in total. The third kappa shape index (κ3) is 5.07. The minimum absolute atomic E-state index is 0.108. The van der Waals surface area contributed by atoms with Crippen molar-refractivity contribution in [3.8, 4) is 0 Å². The molecule has 8 heteroatoms. The lowest BCUT2D eigenvalue weighted by Gasteiger charge is -2.30. The zero-order chi connectivity index (χ0) is 19.4. The molecule has 2 aromatic carbocycles. The molecule has 1 aliphatic rings. The third-order valence-electron chi connectivity index (χ3n) is 3.91. The minimum atomic E-state index is -0.571. The number of nitrogens with zero attached hydrogens (tertiary/aromatic N) is 2. The fourth-order valence-electron chi connectivity index (χ4n) is 2.53. The van der Waals surface area contributed by atoms with Crippen LogP contribution in [0.1, 0.15) is 13.3 Å². The van der Waals surface area contributed by atoms with Gasteiger partial charge in [-0.05, 0) is 78.0 Å². The number of rotatable bonds is 4. The Labute approximate surface area is 174 Å². The fraction of sp³-hybridized carbons (Fsp3) is 0.211. The van der Waals surface area contributed by atoms with E-state index in [1.54, 1.807) is 4.90 Å². The van der Waals surface area contributed by atoms with Crippen molar-refractivity contribution in [3.63, 3.8) is 0 Å². The van der Waals surface area contributed by atoms with E-state index in [4.69, 9.17) is 0 Å². The average molecular weight is 497 g/mol. The molecule has 0 radical (unpaired) electrons. The van der Waals surface area contributed by atoms with Crippen LogP contribution in [0.4, 0.5) is 15.8 Å². The Hall–Kier alpha value is -1.94. The molecule has 3 rings (SSSR count). The summed E-state index contributed by atoms with van der Waals surface area (Å²) in [6.07, 6.45) is 0.108. The Morgan fingerprint density at radius 1 is 1.26 bits per heavy atom. The summed E-state index contributed by atoms with van der Waals surface area (Å²) in [6.45, 7) is 2.31. The van der Waals surface area contributed by atoms with Crippen molar-refractivity contribution in [2.45, 2.75) is 18.6 Å². The predicted octanol–water partition coefficient (Wildman–Crippen LogP) is 4.41. The molecule has 5 nitrogen and oxygen atoms in total. The molecule has 27 heavy (non-hydrogen) atoms. The van der Waals surface area contributed by atoms with Gasteiger partial charge in [-0.2, -0.15) is 0 Å². The topological polar surface area (TPSA) is 61.8 Å². The number of benzene rings is 2. The number of halogens is 2. The first-order valence-electron chi connectivity index (χ1n) is 8.34. The van der Waals surface area contributed by atoms with Crippen molar-refractivity contribution >= 4 is 62.7 Å². The Balaban J connectivity index is 1.79. The van der Waals surface area contributed by atoms with Crippen LogP contribution in [0.15, 0.2) is 53.5 Å². The fourth-order valence-corrected chi connectivity index (χ4v) is 4.06. The number of amides is 2. The summed E-state index contributed by atoms with van der Waals surface area (Å²) in [5.74, 6) is -0.745. The monoisotopic (exact) mass is 497 g/mol. The van der Waals surface area contributed by atoms with Gasteiger partial charge < -0.3 is 5.32 Å². The minimum Gasteiger partial charge on any atom is -0.325 e. The van der Waals surface area contributed by atoms with E-state index >= 15 is 0 Å². The third-order valence-corrected chi connectivity index (χ3v) is 5.82. The normalized spacial score (nSPS) is 18.6. The number of amidine groups is 1. The van der Waals surface area contributed by atoms with Gasteiger partial charge in [0.15, 0.2) is 5.17 Å². The summed E-state index contributed by atoms with van der Waals surface area (Å²) in [5, 5.41) is 2.72. The number of hydrogen-bond donors (Lipinski definition) is 1. The van der Waals surface area contributed by atoms with Gasteiger partial charge in [0.25, 0.3) is 0 Å². The van der Waals surface area contributed by atoms with Crippen LogP contribution in [0.25, 0.3) is 0 Å². The van der Waals surface area contributed by atoms with Crippen LogP contribution in [0.2, 0.25) is 0 Å². The lowest BCUT2D eigenvalue weighted by atomic mass is 10.2. The van der Waals surface area contributed by atoms with Crippen molar-refractivity contribution < 1.29 is 14.0 Å². The predicted molar refractivity (Wildman–Crippen MR) is 115 cm³/mol. The highest BCUT2D eigenvalue weighted by atomic mass is 127. The summed E-state index contributed by atoms with van der Waals surface area (Å²) in [6, 6.07) is 13.1. The number of aliphatic imine (C=N–C) groups is 1. The molecule has 1 heterocycles. The molecule has 0 aliphatic carbocycles. The lowest BCUT2D eigenvalue weighted by Crippen LogP contribution is -2.45. The summed E-state index contributed by atoms with van der Waals surface area (Å²) in [5.41, 5.74) is 1.22. The number of thioether (sulfide) groups is 1. The van der Waals surface area contributed by atoms with E-state index in [2.05, 4.69) is 32.9 Å². The molecule has 140 valence electrons. The molecule has 1 fully saturated rings.